The minimum atomic E-state index is -3.64. The summed E-state index contributed by atoms with van der Waals surface area (Å²) in [6.45, 7) is 2.37. The third-order valence-corrected chi connectivity index (χ3v) is 5.51. The molecule has 6 heteroatoms. The van der Waals surface area contributed by atoms with Gasteiger partial charge in [0.05, 0.1) is 28.5 Å². The summed E-state index contributed by atoms with van der Waals surface area (Å²) in [6, 6.07) is 8.73. The molecule has 1 saturated heterocycles. The van der Waals surface area contributed by atoms with Crippen LogP contribution >= 0.6 is 0 Å². The quantitative estimate of drug-likeness (QED) is 0.830. The lowest BCUT2D eigenvalue weighted by atomic mass is 10.0. The van der Waals surface area contributed by atoms with Crippen LogP contribution < -0.4 is 0 Å². The molecule has 1 aromatic rings. The highest BCUT2D eigenvalue weighted by Crippen LogP contribution is 2.26. The van der Waals surface area contributed by atoms with E-state index in [1.165, 1.54) is 10.4 Å². The molecule has 0 radical (unpaired) electrons. The van der Waals surface area contributed by atoms with Gasteiger partial charge < -0.3 is 0 Å². The van der Waals surface area contributed by atoms with E-state index in [-0.39, 0.29) is 17.4 Å². The zero-order valence-electron chi connectivity index (χ0n) is 11.2. The Bertz CT molecular complexity index is 698. The first-order valence-electron chi connectivity index (χ1n) is 6.39. The van der Waals surface area contributed by atoms with Crippen molar-refractivity contribution in [3.63, 3.8) is 0 Å². The molecule has 0 saturated carbocycles. The van der Waals surface area contributed by atoms with E-state index in [9.17, 15) is 8.42 Å². The van der Waals surface area contributed by atoms with E-state index in [4.69, 9.17) is 10.5 Å². The van der Waals surface area contributed by atoms with E-state index >= 15 is 0 Å². The van der Waals surface area contributed by atoms with Crippen LogP contribution in [0.25, 0.3) is 0 Å². The van der Waals surface area contributed by atoms with Crippen LogP contribution in [0.3, 0.4) is 0 Å². The Hall–Kier alpha value is -1.89. The number of hydrogen-bond donors (Lipinski definition) is 0. The summed E-state index contributed by atoms with van der Waals surface area (Å²) in [7, 11) is -3.64. The number of sulfonamides is 1. The van der Waals surface area contributed by atoms with Crippen molar-refractivity contribution in [3.05, 3.63) is 29.3 Å². The van der Waals surface area contributed by atoms with Crippen LogP contribution in [-0.4, -0.2) is 25.8 Å². The fourth-order valence-corrected chi connectivity index (χ4v) is 4.13. The van der Waals surface area contributed by atoms with Gasteiger partial charge in [0.15, 0.2) is 0 Å². The summed E-state index contributed by atoms with van der Waals surface area (Å²) in [4.78, 5) is 0.162. The van der Waals surface area contributed by atoms with Gasteiger partial charge in [0.1, 0.15) is 0 Å². The molecule has 1 atom stereocenters. The van der Waals surface area contributed by atoms with Gasteiger partial charge in [-0.25, -0.2) is 8.42 Å². The maximum absolute atomic E-state index is 12.6. The Morgan fingerprint density at radius 3 is 2.75 bits per heavy atom. The van der Waals surface area contributed by atoms with Crippen LogP contribution in [0.1, 0.15) is 24.0 Å². The molecule has 1 unspecified atom stereocenters. The first-order valence-corrected chi connectivity index (χ1v) is 7.83. The van der Waals surface area contributed by atoms with Gasteiger partial charge in [-0.05, 0) is 37.5 Å². The highest BCUT2D eigenvalue weighted by atomic mass is 32.2. The molecule has 20 heavy (non-hydrogen) atoms. The molecule has 2 rings (SSSR count). The molecule has 5 nitrogen and oxygen atoms in total. The zero-order chi connectivity index (χ0) is 14.8. The van der Waals surface area contributed by atoms with E-state index in [2.05, 4.69) is 6.07 Å². The second-order valence-corrected chi connectivity index (χ2v) is 6.83. The van der Waals surface area contributed by atoms with E-state index in [0.717, 1.165) is 6.42 Å². The standard InChI is InChI=1S/C14H15N3O2S/c1-11-4-5-12(8-15)7-14(11)20(18,19)17-6-2-3-13(9-16)10-17/h4-5,7,13H,2-3,6,10H2,1H3. The fourth-order valence-electron chi connectivity index (χ4n) is 2.35. The molecule has 0 spiro atoms. The van der Waals surface area contributed by atoms with Gasteiger partial charge in [-0.15, -0.1) is 0 Å². The number of hydrogen-bond acceptors (Lipinski definition) is 4. The highest BCUT2D eigenvalue weighted by molar-refractivity contribution is 7.89. The van der Waals surface area contributed by atoms with E-state index in [1.807, 2.05) is 6.07 Å². The van der Waals surface area contributed by atoms with E-state index in [1.54, 1.807) is 19.1 Å². The molecule has 1 aromatic carbocycles. The molecular weight excluding hydrogens is 274 g/mol. The Morgan fingerprint density at radius 1 is 1.35 bits per heavy atom. The molecule has 0 amide bonds. The Morgan fingerprint density at radius 2 is 2.10 bits per heavy atom. The van der Waals surface area contributed by atoms with Gasteiger partial charge in [-0.1, -0.05) is 6.07 Å². The Kier molecular flexibility index (Phi) is 4.08. The maximum atomic E-state index is 12.6. The van der Waals surface area contributed by atoms with Crippen molar-refractivity contribution in [2.24, 2.45) is 5.92 Å². The van der Waals surface area contributed by atoms with Gasteiger partial charge in [0.25, 0.3) is 0 Å². The molecule has 0 aliphatic carbocycles. The Labute approximate surface area is 119 Å². The lowest BCUT2D eigenvalue weighted by Crippen LogP contribution is -2.39. The normalized spacial score (nSPS) is 20.1. The zero-order valence-corrected chi connectivity index (χ0v) is 12.0. The van der Waals surface area contributed by atoms with Crippen molar-refractivity contribution in [1.82, 2.24) is 4.31 Å². The topological polar surface area (TPSA) is 85.0 Å². The molecule has 104 valence electrons. The second kappa shape index (κ2) is 5.62. The average molecular weight is 289 g/mol. The molecule has 1 aliphatic heterocycles. The predicted molar refractivity (Wildman–Crippen MR) is 73.0 cm³/mol. The number of nitrogens with zero attached hydrogens (tertiary/aromatic N) is 3. The van der Waals surface area contributed by atoms with Crippen molar-refractivity contribution in [2.45, 2.75) is 24.7 Å². The van der Waals surface area contributed by atoms with Crippen LogP contribution in [0.2, 0.25) is 0 Å². The summed E-state index contributed by atoms with van der Waals surface area (Å²) in [5.74, 6) is -0.252. The minimum Gasteiger partial charge on any atom is -0.207 e. The van der Waals surface area contributed by atoms with Gasteiger partial charge >= 0.3 is 0 Å². The third kappa shape index (κ3) is 2.67. The van der Waals surface area contributed by atoms with Crippen LogP contribution in [0.15, 0.2) is 23.1 Å². The SMILES string of the molecule is Cc1ccc(C#N)cc1S(=O)(=O)N1CCCC(C#N)C1. The van der Waals surface area contributed by atoms with Gasteiger partial charge in [-0.2, -0.15) is 14.8 Å². The van der Waals surface area contributed by atoms with Crippen LogP contribution in [0.4, 0.5) is 0 Å². The van der Waals surface area contributed by atoms with Crippen molar-refractivity contribution in [1.29, 1.82) is 10.5 Å². The number of nitriles is 2. The van der Waals surface area contributed by atoms with Gasteiger partial charge in [0.2, 0.25) is 10.0 Å². The molecular formula is C14H15N3O2S. The molecule has 0 N–H and O–H groups in total. The number of aryl methyl sites for hydroxylation is 1. The number of rotatable bonds is 2. The summed E-state index contributed by atoms with van der Waals surface area (Å²) in [5, 5.41) is 17.9. The summed E-state index contributed by atoms with van der Waals surface area (Å²) in [5.41, 5.74) is 0.936. The fraction of sp³-hybridized carbons (Fsp3) is 0.429. The molecule has 0 bridgehead atoms. The monoisotopic (exact) mass is 289 g/mol. The summed E-state index contributed by atoms with van der Waals surface area (Å²) in [6.07, 6.45) is 1.42. The van der Waals surface area contributed by atoms with Crippen LogP contribution in [0.5, 0.6) is 0 Å². The van der Waals surface area contributed by atoms with E-state index in [0.29, 0.717) is 24.1 Å². The number of piperidine rings is 1. The van der Waals surface area contributed by atoms with Crippen LogP contribution in [-0.2, 0) is 10.0 Å². The Balaban J connectivity index is 2.41. The van der Waals surface area contributed by atoms with E-state index < -0.39 is 10.0 Å². The smallest absolute Gasteiger partial charge is 0.207 e. The average Bonchev–Trinajstić information content (AvgIpc) is 2.47. The highest BCUT2D eigenvalue weighted by Gasteiger charge is 2.31. The molecule has 0 aromatic heterocycles. The minimum absolute atomic E-state index is 0.162. The predicted octanol–water partition coefficient (Wildman–Crippen LogP) is 1.79. The second-order valence-electron chi connectivity index (χ2n) is 4.92. The first kappa shape index (κ1) is 14.5. The molecule has 1 heterocycles. The van der Waals surface area contributed by atoms with Gasteiger partial charge in [0, 0.05) is 13.1 Å². The largest absolute Gasteiger partial charge is 0.243 e. The van der Waals surface area contributed by atoms with Crippen LogP contribution in [0, 0.1) is 35.5 Å². The number of benzene rings is 1. The van der Waals surface area contributed by atoms with Crippen molar-refractivity contribution < 1.29 is 8.42 Å². The van der Waals surface area contributed by atoms with Crippen molar-refractivity contribution in [2.75, 3.05) is 13.1 Å². The molecule has 1 fully saturated rings. The summed E-state index contributed by atoms with van der Waals surface area (Å²) < 4.78 is 26.6. The summed E-state index contributed by atoms with van der Waals surface area (Å²) >= 11 is 0. The third-order valence-electron chi connectivity index (χ3n) is 3.50. The lowest BCUT2D eigenvalue weighted by Gasteiger charge is -2.29. The molecule has 1 aliphatic rings. The van der Waals surface area contributed by atoms with Crippen molar-refractivity contribution >= 4 is 10.0 Å². The van der Waals surface area contributed by atoms with Gasteiger partial charge in [-0.3, -0.25) is 0 Å². The first-order chi connectivity index (χ1) is 9.48. The van der Waals surface area contributed by atoms with Crippen molar-refractivity contribution in [3.8, 4) is 12.1 Å². The lowest BCUT2D eigenvalue weighted by molar-refractivity contribution is 0.305. The maximum Gasteiger partial charge on any atom is 0.243 e.